The maximum atomic E-state index is 6.27. The Morgan fingerprint density at radius 2 is 2.22 bits per heavy atom. The predicted molar refractivity (Wildman–Crippen MR) is 99.4 cm³/mol. The number of hydrogen-bond donors (Lipinski definition) is 0. The maximum absolute atomic E-state index is 6.27. The Hall–Kier alpha value is -2.71. The third-order valence-electron chi connectivity index (χ3n) is 4.74. The number of nitrogens with zero attached hydrogens (tertiary/aromatic N) is 6. The molecular weight excluding hydrogens is 368 g/mol. The van der Waals surface area contributed by atoms with Crippen LogP contribution in [0.5, 0.6) is 0 Å². The van der Waals surface area contributed by atoms with Crippen LogP contribution in [0.1, 0.15) is 24.1 Å². The van der Waals surface area contributed by atoms with Gasteiger partial charge in [-0.25, -0.2) is 9.98 Å². The molecule has 1 aromatic carbocycles. The van der Waals surface area contributed by atoms with Crippen LogP contribution in [0.3, 0.4) is 0 Å². The Morgan fingerprint density at radius 1 is 1.33 bits per heavy atom. The standard InChI is InChI=1S/C18H17ClN6O2/c1-10-6-20-18(27-10)16-14-7-24-15(8-26-2)22-23-17(24)12-5-11(19)3-4-13(12)25(14)9-21-16/h3-5,9-10H,6-8H2,1-2H3/t10-/m1/s1. The SMILES string of the molecule is COCc1nnc2n1Cc1c(C3=NC[C@@H](C)O3)ncn1-c1ccc(Cl)cc1-2. The van der Waals surface area contributed by atoms with Gasteiger partial charge in [-0.3, -0.25) is 4.57 Å². The van der Waals surface area contributed by atoms with E-state index in [1.54, 1.807) is 13.4 Å². The quantitative estimate of drug-likeness (QED) is 0.542. The average Bonchev–Trinajstić information content (AvgIpc) is 3.34. The van der Waals surface area contributed by atoms with E-state index in [9.17, 15) is 0 Å². The maximum Gasteiger partial charge on any atom is 0.237 e. The van der Waals surface area contributed by atoms with E-state index in [1.807, 2.05) is 34.3 Å². The predicted octanol–water partition coefficient (Wildman–Crippen LogP) is 2.46. The summed E-state index contributed by atoms with van der Waals surface area (Å²) in [5.41, 5.74) is 3.53. The molecule has 0 amide bonds. The van der Waals surface area contributed by atoms with Gasteiger partial charge in [0.1, 0.15) is 24.7 Å². The molecule has 0 unspecified atom stereocenters. The number of rotatable bonds is 3. The number of fused-ring (bicyclic) bond motifs is 5. The van der Waals surface area contributed by atoms with Crippen molar-refractivity contribution in [1.82, 2.24) is 24.3 Å². The van der Waals surface area contributed by atoms with Crippen molar-refractivity contribution < 1.29 is 9.47 Å². The summed E-state index contributed by atoms with van der Waals surface area (Å²) >= 11 is 6.27. The second-order valence-corrected chi connectivity index (χ2v) is 7.04. The van der Waals surface area contributed by atoms with Crippen LogP contribution < -0.4 is 0 Å². The second kappa shape index (κ2) is 6.17. The molecule has 0 spiro atoms. The summed E-state index contributed by atoms with van der Waals surface area (Å²) in [7, 11) is 1.64. The first-order valence-electron chi connectivity index (χ1n) is 8.64. The average molecular weight is 385 g/mol. The molecule has 27 heavy (non-hydrogen) atoms. The van der Waals surface area contributed by atoms with Gasteiger partial charge >= 0.3 is 0 Å². The number of methoxy groups -OCH3 is 1. The van der Waals surface area contributed by atoms with Crippen LogP contribution in [0, 0.1) is 0 Å². The zero-order valence-electron chi connectivity index (χ0n) is 14.9. The number of ether oxygens (including phenoxy) is 2. The molecule has 4 heterocycles. The Labute approximate surface area is 160 Å². The number of aromatic nitrogens is 5. The van der Waals surface area contributed by atoms with E-state index in [0.29, 0.717) is 30.6 Å². The van der Waals surface area contributed by atoms with Crippen molar-refractivity contribution >= 4 is 17.5 Å². The van der Waals surface area contributed by atoms with Gasteiger partial charge < -0.3 is 14.0 Å². The van der Waals surface area contributed by atoms with E-state index in [4.69, 9.17) is 21.1 Å². The first-order chi connectivity index (χ1) is 13.2. The number of halogens is 1. The summed E-state index contributed by atoms with van der Waals surface area (Å²) in [6, 6.07) is 5.72. The first kappa shape index (κ1) is 16.5. The van der Waals surface area contributed by atoms with E-state index in [2.05, 4.69) is 20.2 Å². The van der Waals surface area contributed by atoms with Crippen LogP contribution in [0.25, 0.3) is 17.1 Å². The van der Waals surface area contributed by atoms with Crippen LogP contribution in [0.2, 0.25) is 5.02 Å². The van der Waals surface area contributed by atoms with Crippen LogP contribution in [0.15, 0.2) is 29.5 Å². The van der Waals surface area contributed by atoms with Crippen molar-refractivity contribution in [1.29, 1.82) is 0 Å². The fraction of sp³-hybridized carbons (Fsp3) is 0.333. The molecule has 5 rings (SSSR count). The minimum Gasteiger partial charge on any atom is -0.471 e. The van der Waals surface area contributed by atoms with E-state index < -0.39 is 0 Å². The molecule has 138 valence electrons. The minimum atomic E-state index is 0.0590. The topological polar surface area (TPSA) is 79.3 Å². The van der Waals surface area contributed by atoms with Crippen LogP contribution in [0.4, 0.5) is 0 Å². The van der Waals surface area contributed by atoms with Gasteiger partial charge in [0.2, 0.25) is 5.90 Å². The molecular formula is C18H17ClN6O2. The molecule has 1 atom stereocenters. The molecule has 2 aliphatic rings. The highest BCUT2D eigenvalue weighted by Gasteiger charge is 2.29. The lowest BCUT2D eigenvalue weighted by atomic mass is 10.1. The largest absolute Gasteiger partial charge is 0.471 e. The normalized spacial score (nSPS) is 17.6. The molecule has 2 aromatic heterocycles. The molecule has 0 saturated carbocycles. The monoisotopic (exact) mass is 384 g/mol. The first-order valence-corrected chi connectivity index (χ1v) is 9.02. The number of imidazole rings is 1. The van der Waals surface area contributed by atoms with Crippen LogP contribution in [-0.2, 0) is 22.6 Å². The van der Waals surface area contributed by atoms with Crippen molar-refractivity contribution in [3.8, 4) is 17.1 Å². The molecule has 0 radical (unpaired) electrons. The molecule has 0 saturated heterocycles. The zero-order valence-corrected chi connectivity index (χ0v) is 15.6. The third-order valence-corrected chi connectivity index (χ3v) is 4.98. The van der Waals surface area contributed by atoms with Gasteiger partial charge in [0, 0.05) is 17.7 Å². The van der Waals surface area contributed by atoms with Crippen molar-refractivity contribution in [2.45, 2.75) is 26.2 Å². The molecule has 0 fully saturated rings. The highest BCUT2D eigenvalue weighted by Crippen LogP contribution is 2.34. The van der Waals surface area contributed by atoms with Crippen molar-refractivity contribution in [2.75, 3.05) is 13.7 Å². The molecule has 8 nitrogen and oxygen atoms in total. The van der Waals surface area contributed by atoms with Crippen molar-refractivity contribution in [3.63, 3.8) is 0 Å². The van der Waals surface area contributed by atoms with Crippen LogP contribution in [-0.4, -0.2) is 50.0 Å². The van der Waals surface area contributed by atoms with Crippen molar-refractivity contribution in [3.05, 3.63) is 46.8 Å². The Morgan fingerprint density at radius 3 is 3.00 bits per heavy atom. The van der Waals surface area contributed by atoms with Gasteiger partial charge in [0.05, 0.1) is 24.5 Å². The summed E-state index contributed by atoms with van der Waals surface area (Å²) in [6.07, 6.45) is 1.85. The summed E-state index contributed by atoms with van der Waals surface area (Å²) in [5, 5.41) is 9.34. The van der Waals surface area contributed by atoms with Gasteiger partial charge in [-0.2, -0.15) is 0 Å². The third kappa shape index (κ3) is 2.55. The van der Waals surface area contributed by atoms with Gasteiger partial charge in [0.15, 0.2) is 11.6 Å². The van der Waals surface area contributed by atoms with Gasteiger partial charge in [-0.05, 0) is 25.1 Å². The summed E-state index contributed by atoms with van der Waals surface area (Å²) in [4.78, 5) is 9.10. The lowest BCUT2D eigenvalue weighted by molar-refractivity contribution is 0.174. The van der Waals surface area contributed by atoms with Crippen molar-refractivity contribution in [2.24, 2.45) is 4.99 Å². The number of hydrogen-bond acceptors (Lipinski definition) is 6. The van der Waals surface area contributed by atoms with Gasteiger partial charge in [0.25, 0.3) is 0 Å². The van der Waals surface area contributed by atoms with E-state index in [-0.39, 0.29) is 6.10 Å². The van der Waals surface area contributed by atoms with Gasteiger partial charge in [-0.15, -0.1) is 10.2 Å². The Bertz CT molecular complexity index is 1070. The molecule has 0 N–H and O–H groups in total. The fourth-order valence-electron chi connectivity index (χ4n) is 3.50. The zero-order chi connectivity index (χ0) is 18.5. The molecule has 0 aliphatic carbocycles. The Kier molecular flexibility index (Phi) is 3.76. The summed E-state index contributed by atoms with van der Waals surface area (Å²) in [5.74, 6) is 2.06. The smallest absolute Gasteiger partial charge is 0.237 e. The summed E-state index contributed by atoms with van der Waals surface area (Å²) < 4.78 is 15.2. The highest BCUT2D eigenvalue weighted by atomic mass is 35.5. The molecule has 3 aromatic rings. The lowest BCUT2D eigenvalue weighted by Gasteiger charge is -2.10. The second-order valence-electron chi connectivity index (χ2n) is 6.60. The summed E-state index contributed by atoms with van der Waals surface area (Å²) in [6.45, 7) is 3.53. The molecule has 9 heteroatoms. The molecule has 2 aliphatic heterocycles. The highest BCUT2D eigenvalue weighted by molar-refractivity contribution is 6.31. The Balaban J connectivity index is 1.74. The lowest BCUT2D eigenvalue weighted by Crippen LogP contribution is -2.14. The van der Waals surface area contributed by atoms with Gasteiger partial charge in [-0.1, -0.05) is 11.6 Å². The molecule has 0 bridgehead atoms. The number of benzene rings is 1. The number of aliphatic imine (C=N–C) groups is 1. The van der Waals surface area contributed by atoms with E-state index in [1.165, 1.54) is 0 Å². The van der Waals surface area contributed by atoms with E-state index >= 15 is 0 Å². The van der Waals surface area contributed by atoms with Crippen LogP contribution >= 0.6 is 11.6 Å². The fourth-order valence-corrected chi connectivity index (χ4v) is 3.67. The minimum absolute atomic E-state index is 0.0590. The van der Waals surface area contributed by atoms with E-state index in [0.717, 1.165) is 34.3 Å².